The Kier molecular flexibility index (Phi) is 9.08. The largest absolute Gasteiger partial charge is 0.492 e. The van der Waals surface area contributed by atoms with E-state index in [4.69, 9.17) is 9.47 Å². The lowest BCUT2D eigenvalue weighted by atomic mass is 10.0. The molecule has 1 aromatic carbocycles. The van der Waals surface area contributed by atoms with Gasteiger partial charge in [-0.1, -0.05) is 13.8 Å². The lowest BCUT2D eigenvalue weighted by Gasteiger charge is -2.27. The molecule has 0 radical (unpaired) electrons. The van der Waals surface area contributed by atoms with Crippen molar-refractivity contribution in [3.05, 3.63) is 18.2 Å². The first-order chi connectivity index (χ1) is 14.7. The minimum Gasteiger partial charge on any atom is -0.492 e. The third kappa shape index (κ3) is 6.81. The van der Waals surface area contributed by atoms with E-state index in [0.29, 0.717) is 19.6 Å². The molecule has 0 saturated carbocycles. The Morgan fingerprint density at radius 2 is 1.90 bits per heavy atom. The number of rotatable bonds is 9. The molecule has 0 aliphatic carbocycles. The van der Waals surface area contributed by atoms with Crippen LogP contribution in [0.25, 0.3) is 0 Å². The average molecular weight is 458 g/mol. The van der Waals surface area contributed by atoms with Crippen LogP contribution in [0.4, 0.5) is 10.5 Å². The van der Waals surface area contributed by atoms with E-state index in [9.17, 15) is 18.0 Å². The Balaban J connectivity index is 2.31. The number of sulfonamides is 1. The second-order valence-corrected chi connectivity index (χ2v) is 9.32. The topological polar surface area (TPSA) is 123 Å². The molecule has 174 valence electrons. The van der Waals surface area contributed by atoms with Gasteiger partial charge in [0.1, 0.15) is 16.7 Å². The number of anilines is 1. The molecule has 1 aliphatic heterocycles. The molecule has 1 aliphatic rings. The fourth-order valence-electron chi connectivity index (χ4n) is 3.12. The van der Waals surface area contributed by atoms with Crippen LogP contribution in [0.15, 0.2) is 23.1 Å². The van der Waals surface area contributed by atoms with Crippen LogP contribution >= 0.6 is 0 Å². The van der Waals surface area contributed by atoms with Crippen molar-refractivity contribution in [2.24, 2.45) is 5.92 Å². The predicted molar refractivity (Wildman–Crippen MR) is 115 cm³/mol. The van der Waals surface area contributed by atoms with Gasteiger partial charge in [-0.25, -0.2) is 13.2 Å². The average Bonchev–Trinajstić information content (AvgIpc) is 2.74. The second kappa shape index (κ2) is 11.3. The molecule has 1 aromatic rings. The standard InChI is InChI=1S/C20H31N3O7S/c1-5-30-17-7-6-15(13-18(17)31(26,27)23-8-10-29-11-9-23)21-19(24)16(12-14(2)3)22-20(25)28-4/h6-7,13-14,16H,5,8-12H2,1-4H3,(H,21,24)(H,22,25). The van der Waals surface area contributed by atoms with E-state index in [1.54, 1.807) is 13.0 Å². The number of nitrogens with one attached hydrogen (secondary N) is 2. The van der Waals surface area contributed by atoms with Gasteiger partial charge in [0.15, 0.2) is 0 Å². The Morgan fingerprint density at radius 3 is 2.48 bits per heavy atom. The van der Waals surface area contributed by atoms with E-state index in [2.05, 4.69) is 15.4 Å². The number of hydrogen-bond acceptors (Lipinski definition) is 7. The molecular weight excluding hydrogens is 426 g/mol. The summed E-state index contributed by atoms with van der Waals surface area (Å²) in [5.74, 6) is -0.137. The molecule has 11 heteroatoms. The molecule has 0 bridgehead atoms. The molecule has 1 fully saturated rings. The summed E-state index contributed by atoms with van der Waals surface area (Å²) >= 11 is 0. The van der Waals surface area contributed by atoms with Gasteiger partial charge in [0.25, 0.3) is 0 Å². The molecule has 1 unspecified atom stereocenters. The van der Waals surface area contributed by atoms with Crippen molar-refractivity contribution in [2.45, 2.75) is 38.1 Å². The minimum atomic E-state index is -3.85. The molecule has 31 heavy (non-hydrogen) atoms. The monoisotopic (exact) mass is 457 g/mol. The molecule has 10 nitrogen and oxygen atoms in total. The van der Waals surface area contributed by atoms with Crippen molar-refractivity contribution in [1.82, 2.24) is 9.62 Å². The number of carbonyl (C=O) groups is 2. The maximum Gasteiger partial charge on any atom is 0.407 e. The van der Waals surface area contributed by atoms with E-state index < -0.39 is 28.1 Å². The molecule has 2 rings (SSSR count). The summed E-state index contributed by atoms with van der Waals surface area (Å²) in [4.78, 5) is 24.4. The molecular formula is C20H31N3O7S. The Bertz CT molecular complexity index is 868. The van der Waals surface area contributed by atoms with Gasteiger partial charge in [0.05, 0.1) is 26.9 Å². The third-order valence-corrected chi connectivity index (χ3v) is 6.52. The van der Waals surface area contributed by atoms with Crippen LogP contribution < -0.4 is 15.4 Å². The zero-order valence-corrected chi connectivity index (χ0v) is 19.2. The van der Waals surface area contributed by atoms with Crippen molar-refractivity contribution >= 4 is 27.7 Å². The second-order valence-electron chi connectivity index (χ2n) is 7.42. The van der Waals surface area contributed by atoms with Crippen LogP contribution in [0, 0.1) is 5.92 Å². The number of nitrogens with zero attached hydrogens (tertiary/aromatic N) is 1. The fraction of sp³-hybridized carbons (Fsp3) is 0.600. The smallest absolute Gasteiger partial charge is 0.407 e. The SMILES string of the molecule is CCOc1ccc(NC(=O)C(CC(C)C)NC(=O)OC)cc1S(=O)(=O)N1CCOCC1. The summed E-state index contributed by atoms with van der Waals surface area (Å²) in [6, 6.07) is 3.61. The molecule has 0 aromatic heterocycles. The highest BCUT2D eigenvalue weighted by Gasteiger charge is 2.30. The zero-order chi connectivity index (χ0) is 23.0. The van der Waals surface area contributed by atoms with Crippen molar-refractivity contribution < 1.29 is 32.2 Å². The van der Waals surface area contributed by atoms with Crippen LogP contribution in [0.1, 0.15) is 27.2 Å². The first-order valence-corrected chi connectivity index (χ1v) is 11.6. The molecule has 1 saturated heterocycles. The summed E-state index contributed by atoms with van der Waals surface area (Å²) in [6.07, 6.45) is -0.334. The summed E-state index contributed by atoms with van der Waals surface area (Å²) < 4.78 is 43.1. The van der Waals surface area contributed by atoms with Crippen molar-refractivity contribution in [2.75, 3.05) is 45.3 Å². The Hall–Kier alpha value is -2.37. The van der Waals surface area contributed by atoms with Gasteiger partial charge in [-0.05, 0) is 37.5 Å². The predicted octanol–water partition coefficient (Wildman–Crippen LogP) is 1.82. The van der Waals surface area contributed by atoms with E-state index in [1.807, 2.05) is 13.8 Å². The summed E-state index contributed by atoms with van der Waals surface area (Å²) in [5, 5.41) is 5.20. The molecule has 2 N–H and O–H groups in total. The van der Waals surface area contributed by atoms with Crippen molar-refractivity contribution in [3.63, 3.8) is 0 Å². The van der Waals surface area contributed by atoms with Gasteiger partial charge in [-0.2, -0.15) is 4.31 Å². The van der Waals surface area contributed by atoms with Crippen molar-refractivity contribution in [1.29, 1.82) is 0 Å². The number of hydrogen-bond donors (Lipinski definition) is 2. The van der Waals surface area contributed by atoms with E-state index >= 15 is 0 Å². The maximum absolute atomic E-state index is 13.2. The Labute approximate surface area is 183 Å². The van der Waals surface area contributed by atoms with Gasteiger partial charge in [-0.15, -0.1) is 0 Å². The van der Waals surface area contributed by atoms with E-state index in [0.717, 1.165) is 0 Å². The first-order valence-electron chi connectivity index (χ1n) is 10.2. The zero-order valence-electron chi connectivity index (χ0n) is 18.3. The fourth-order valence-corrected chi connectivity index (χ4v) is 4.69. The molecule has 1 atom stereocenters. The highest BCUT2D eigenvalue weighted by molar-refractivity contribution is 7.89. The van der Waals surface area contributed by atoms with Crippen LogP contribution in [-0.2, 0) is 24.3 Å². The first kappa shape index (κ1) is 24.9. The maximum atomic E-state index is 13.2. The summed E-state index contributed by atoms with van der Waals surface area (Å²) in [7, 11) is -2.63. The number of ether oxygens (including phenoxy) is 3. The minimum absolute atomic E-state index is 0.0320. The van der Waals surface area contributed by atoms with Crippen molar-refractivity contribution in [3.8, 4) is 5.75 Å². The highest BCUT2D eigenvalue weighted by Crippen LogP contribution is 2.30. The van der Waals surface area contributed by atoms with E-state index in [1.165, 1.54) is 23.5 Å². The molecule has 1 heterocycles. The molecule has 2 amide bonds. The highest BCUT2D eigenvalue weighted by atomic mass is 32.2. The van der Waals surface area contributed by atoms with Gasteiger partial charge >= 0.3 is 6.09 Å². The summed E-state index contributed by atoms with van der Waals surface area (Å²) in [5.41, 5.74) is 0.278. The van der Waals surface area contributed by atoms with E-state index in [-0.39, 0.29) is 41.9 Å². The number of alkyl carbamates (subject to hydrolysis) is 1. The number of morpholine rings is 1. The normalized spacial score (nSPS) is 15.9. The summed E-state index contributed by atoms with van der Waals surface area (Å²) in [6.45, 7) is 7.00. The Morgan fingerprint density at radius 1 is 1.23 bits per heavy atom. The van der Waals surface area contributed by atoms with Gasteiger partial charge in [0, 0.05) is 18.8 Å². The van der Waals surface area contributed by atoms with Gasteiger partial charge in [-0.3, -0.25) is 4.79 Å². The number of benzene rings is 1. The quantitative estimate of drug-likeness (QED) is 0.580. The number of amides is 2. The number of methoxy groups -OCH3 is 1. The lowest BCUT2D eigenvalue weighted by molar-refractivity contribution is -0.118. The third-order valence-electron chi connectivity index (χ3n) is 4.60. The van der Waals surface area contributed by atoms with Crippen LogP contribution in [0.5, 0.6) is 5.75 Å². The van der Waals surface area contributed by atoms with Crippen LogP contribution in [0.3, 0.4) is 0 Å². The van der Waals surface area contributed by atoms with Gasteiger partial charge in [0.2, 0.25) is 15.9 Å². The number of carbonyl (C=O) groups excluding carboxylic acids is 2. The van der Waals surface area contributed by atoms with Crippen LogP contribution in [-0.4, -0.2) is 70.8 Å². The lowest BCUT2D eigenvalue weighted by Crippen LogP contribution is -2.44. The van der Waals surface area contributed by atoms with Gasteiger partial charge < -0.3 is 24.8 Å². The molecule has 0 spiro atoms. The van der Waals surface area contributed by atoms with Crippen LogP contribution in [0.2, 0.25) is 0 Å².